The van der Waals surface area contributed by atoms with Crippen LogP contribution in [0, 0.1) is 0 Å². The summed E-state index contributed by atoms with van der Waals surface area (Å²) in [5.74, 6) is 0. The van der Waals surface area contributed by atoms with E-state index in [2.05, 4.69) is 144 Å². The van der Waals surface area contributed by atoms with Crippen LogP contribution >= 0.6 is 0 Å². The van der Waals surface area contributed by atoms with E-state index < -0.39 is 5.41 Å². The monoisotopic (exact) mass is 601 g/mol. The number of fused-ring (bicyclic) bond motifs is 12. The van der Waals surface area contributed by atoms with Crippen molar-refractivity contribution in [1.29, 1.82) is 0 Å². The van der Waals surface area contributed by atoms with Crippen LogP contribution in [0.2, 0.25) is 0 Å². The summed E-state index contributed by atoms with van der Waals surface area (Å²) in [6.07, 6.45) is 0. The number of anilines is 3. The number of para-hydroxylation sites is 3. The molecule has 2 aliphatic rings. The zero-order valence-corrected chi connectivity index (χ0v) is 25.4. The molecule has 220 valence electrons. The number of benzene rings is 7. The lowest BCUT2D eigenvalue weighted by Gasteiger charge is -2.32. The normalized spacial score (nSPS) is 15.4. The predicted octanol–water partition coefficient (Wildman–Crippen LogP) is 10.8. The fourth-order valence-electron chi connectivity index (χ4n) is 8.16. The van der Waals surface area contributed by atoms with Gasteiger partial charge in [-0.2, -0.15) is 0 Å². The lowest BCUT2D eigenvalue weighted by atomic mass is 9.70. The number of hydrogen-bond donors (Lipinski definition) is 0. The first-order valence-corrected chi connectivity index (χ1v) is 16.0. The maximum atomic E-state index is 13.8. The second-order valence-corrected chi connectivity index (χ2v) is 12.4. The van der Waals surface area contributed by atoms with E-state index in [4.69, 9.17) is 4.42 Å². The third-order valence-electron chi connectivity index (χ3n) is 10.1. The highest BCUT2D eigenvalue weighted by atomic mass is 16.3. The molecule has 2 aliphatic carbocycles. The molecule has 0 amide bonds. The van der Waals surface area contributed by atoms with E-state index in [1.165, 1.54) is 27.8 Å². The third kappa shape index (κ3) is 3.48. The minimum atomic E-state index is -0.592. The Morgan fingerprint density at radius 3 is 1.66 bits per heavy atom. The number of hydrogen-bond acceptors (Lipinski definition) is 3. The molecule has 8 aromatic rings. The molecule has 0 fully saturated rings. The molecule has 0 radical (unpaired) electrons. The average molecular weight is 602 g/mol. The molecule has 1 spiro atoms. The van der Waals surface area contributed by atoms with Crippen molar-refractivity contribution in [3.63, 3.8) is 0 Å². The summed E-state index contributed by atoms with van der Waals surface area (Å²) in [6, 6.07) is 57.2. The van der Waals surface area contributed by atoms with Crippen molar-refractivity contribution < 1.29 is 4.42 Å². The molecule has 3 nitrogen and oxygen atoms in total. The van der Waals surface area contributed by atoms with E-state index in [9.17, 15) is 4.79 Å². The topological polar surface area (TPSA) is 33.5 Å². The lowest BCUT2D eigenvalue weighted by Crippen LogP contribution is -2.26. The van der Waals surface area contributed by atoms with E-state index in [1.54, 1.807) is 0 Å². The fraction of sp³-hybridized carbons (Fsp3) is 0.0227. The van der Waals surface area contributed by atoms with Crippen LogP contribution in [0.4, 0.5) is 17.1 Å². The van der Waals surface area contributed by atoms with E-state index in [0.717, 1.165) is 33.8 Å². The molecular formula is C44H27NO2. The molecule has 1 atom stereocenters. The third-order valence-corrected chi connectivity index (χ3v) is 10.1. The van der Waals surface area contributed by atoms with Gasteiger partial charge in [0, 0.05) is 17.1 Å². The summed E-state index contributed by atoms with van der Waals surface area (Å²) >= 11 is 0. The van der Waals surface area contributed by atoms with Gasteiger partial charge in [0.1, 0.15) is 11.2 Å². The Morgan fingerprint density at radius 1 is 0.404 bits per heavy atom. The summed E-state index contributed by atoms with van der Waals surface area (Å²) < 4.78 is 6.50. The first kappa shape index (κ1) is 26.1. The first-order valence-electron chi connectivity index (χ1n) is 16.0. The minimum absolute atomic E-state index is 0.000969. The molecule has 0 N–H and O–H groups in total. The van der Waals surface area contributed by atoms with Gasteiger partial charge >= 0.3 is 0 Å². The maximum absolute atomic E-state index is 13.8. The number of nitrogens with zero attached hydrogens (tertiary/aromatic N) is 1. The molecule has 0 saturated heterocycles. The van der Waals surface area contributed by atoms with Crippen molar-refractivity contribution in [3.8, 4) is 22.3 Å². The van der Waals surface area contributed by atoms with Gasteiger partial charge in [0.15, 0.2) is 0 Å². The minimum Gasteiger partial charge on any atom is -0.456 e. The summed E-state index contributed by atoms with van der Waals surface area (Å²) in [6.45, 7) is 0. The summed E-state index contributed by atoms with van der Waals surface area (Å²) in [5, 5.41) is 1.21. The van der Waals surface area contributed by atoms with Gasteiger partial charge in [-0.25, -0.2) is 0 Å². The Bertz CT molecular complexity index is 2560. The molecule has 47 heavy (non-hydrogen) atoms. The van der Waals surface area contributed by atoms with Crippen molar-refractivity contribution in [3.05, 3.63) is 196 Å². The van der Waals surface area contributed by atoms with E-state index in [-0.39, 0.29) is 5.43 Å². The SMILES string of the molecule is O=c1c2ccccc2oc2cc3c(cc12)-c1ccccc1C31c2ccccc2-c2ccc(N(c3ccccc3)c3ccccc3)cc21. The van der Waals surface area contributed by atoms with Gasteiger partial charge in [-0.05, 0) is 105 Å². The van der Waals surface area contributed by atoms with Crippen molar-refractivity contribution in [2.75, 3.05) is 4.90 Å². The van der Waals surface area contributed by atoms with E-state index in [0.29, 0.717) is 21.9 Å². The second-order valence-electron chi connectivity index (χ2n) is 12.4. The Hall–Kier alpha value is -6.19. The molecule has 1 heterocycles. The van der Waals surface area contributed by atoms with Crippen molar-refractivity contribution in [2.24, 2.45) is 0 Å². The molecule has 7 aromatic carbocycles. The van der Waals surface area contributed by atoms with Gasteiger partial charge in [-0.3, -0.25) is 4.79 Å². The quantitative estimate of drug-likeness (QED) is 0.189. The van der Waals surface area contributed by atoms with Crippen LogP contribution in [-0.4, -0.2) is 0 Å². The Kier molecular flexibility index (Phi) is 5.35. The standard InChI is InChI=1S/C44H27NO2/c46-43-34-19-9-12-22-41(34)47-42-27-40-35(26-36(42)43)32-18-8-11-21-38(32)44(40)37-20-10-7-17-31(37)33-24-23-30(25-39(33)44)45(28-13-3-1-4-14-28)29-15-5-2-6-16-29/h1-27H. The van der Waals surface area contributed by atoms with Crippen molar-refractivity contribution >= 4 is 39.0 Å². The lowest BCUT2D eigenvalue weighted by molar-refractivity contribution is 0.657. The van der Waals surface area contributed by atoms with Gasteiger partial charge in [-0.1, -0.05) is 103 Å². The van der Waals surface area contributed by atoms with Crippen LogP contribution < -0.4 is 10.3 Å². The van der Waals surface area contributed by atoms with Gasteiger partial charge in [0.05, 0.1) is 16.2 Å². The smallest absolute Gasteiger partial charge is 0.200 e. The van der Waals surface area contributed by atoms with Gasteiger partial charge < -0.3 is 9.32 Å². The molecule has 0 aliphatic heterocycles. The Balaban J connectivity index is 1.32. The second kappa shape index (κ2) is 9.65. The Labute approximate surface area is 271 Å². The highest BCUT2D eigenvalue weighted by Crippen LogP contribution is 2.63. The summed E-state index contributed by atoms with van der Waals surface area (Å²) in [4.78, 5) is 16.2. The van der Waals surface area contributed by atoms with Gasteiger partial charge in [0.25, 0.3) is 0 Å². The van der Waals surface area contributed by atoms with Crippen LogP contribution in [0.5, 0.6) is 0 Å². The average Bonchev–Trinajstić information content (AvgIpc) is 3.59. The van der Waals surface area contributed by atoms with Crippen LogP contribution in [-0.2, 0) is 5.41 Å². The molecule has 1 unspecified atom stereocenters. The number of rotatable bonds is 3. The molecule has 0 bridgehead atoms. The molecule has 0 saturated carbocycles. The first-order chi connectivity index (χ1) is 23.2. The Morgan fingerprint density at radius 2 is 0.957 bits per heavy atom. The molecule has 1 aromatic heterocycles. The highest BCUT2D eigenvalue weighted by molar-refractivity contribution is 6.01. The molecular weight excluding hydrogens is 574 g/mol. The molecule has 3 heteroatoms. The van der Waals surface area contributed by atoms with Crippen LogP contribution in [0.15, 0.2) is 173 Å². The van der Waals surface area contributed by atoms with E-state index >= 15 is 0 Å². The van der Waals surface area contributed by atoms with Gasteiger partial charge in [-0.15, -0.1) is 0 Å². The maximum Gasteiger partial charge on any atom is 0.200 e. The highest BCUT2D eigenvalue weighted by Gasteiger charge is 2.52. The summed E-state index contributed by atoms with van der Waals surface area (Å²) in [7, 11) is 0. The van der Waals surface area contributed by atoms with Crippen molar-refractivity contribution in [2.45, 2.75) is 5.41 Å². The predicted molar refractivity (Wildman–Crippen MR) is 191 cm³/mol. The van der Waals surface area contributed by atoms with Crippen LogP contribution in [0.1, 0.15) is 22.3 Å². The van der Waals surface area contributed by atoms with Gasteiger partial charge in [0.2, 0.25) is 5.43 Å². The van der Waals surface area contributed by atoms with E-state index in [1.807, 2.05) is 24.3 Å². The largest absolute Gasteiger partial charge is 0.456 e. The summed E-state index contributed by atoms with van der Waals surface area (Å²) in [5.41, 5.74) is 13.4. The molecule has 10 rings (SSSR count). The van der Waals surface area contributed by atoms with Crippen LogP contribution in [0.25, 0.3) is 44.2 Å². The zero-order valence-electron chi connectivity index (χ0n) is 25.4. The van der Waals surface area contributed by atoms with Crippen molar-refractivity contribution in [1.82, 2.24) is 0 Å². The van der Waals surface area contributed by atoms with Crippen LogP contribution in [0.3, 0.4) is 0 Å². The zero-order chi connectivity index (χ0) is 31.1. The fourth-order valence-corrected chi connectivity index (χ4v) is 8.16.